The van der Waals surface area contributed by atoms with Crippen LogP contribution in [-0.2, 0) is 0 Å². The van der Waals surface area contributed by atoms with Crippen LogP contribution in [0.4, 0.5) is 0 Å². The quantitative estimate of drug-likeness (QED) is 0.719. The summed E-state index contributed by atoms with van der Waals surface area (Å²) < 4.78 is 0. The van der Waals surface area contributed by atoms with Crippen LogP contribution in [0.3, 0.4) is 0 Å². The zero-order valence-electron chi connectivity index (χ0n) is 8.71. The first kappa shape index (κ1) is 9.72. The Labute approximate surface area is 86.6 Å². The van der Waals surface area contributed by atoms with Gasteiger partial charge in [0, 0.05) is 6.04 Å². The monoisotopic (exact) mass is 189 g/mol. The van der Waals surface area contributed by atoms with Crippen LogP contribution in [0.15, 0.2) is 36.0 Å². The number of allylic oxidation sites excluding steroid dienone is 6. The molecule has 0 radical (unpaired) electrons. The summed E-state index contributed by atoms with van der Waals surface area (Å²) in [5.74, 6) is 0. The van der Waals surface area contributed by atoms with Gasteiger partial charge in [-0.3, -0.25) is 0 Å². The fourth-order valence-corrected chi connectivity index (χ4v) is 2.15. The Balaban J connectivity index is 1.70. The number of hydrogen-bond acceptors (Lipinski definition) is 1. The fraction of sp³-hybridized carbons (Fsp3) is 0.538. The molecule has 76 valence electrons. The Bertz CT molecular complexity index is 254. The van der Waals surface area contributed by atoms with Crippen molar-refractivity contribution in [3.8, 4) is 0 Å². The molecule has 2 aliphatic rings. The van der Waals surface area contributed by atoms with E-state index in [1.54, 1.807) is 0 Å². The molecule has 0 bridgehead atoms. The molecular weight excluding hydrogens is 170 g/mol. The molecule has 1 aliphatic heterocycles. The number of nitrogens with one attached hydrogen (secondary N) is 1. The Kier molecular flexibility index (Phi) is 3.58. The second kappa shape index (κ2) is 5.16. The molecule has 1 aliphatic carbocycles. The molecule has 0 aromatic carbocycles. The van der Waals surface area contributed by atoms with Gasteiger partial charge in [0.1, 0.15) is 0 Å². The highest BCUT2D eigenvalue weighted by Crippen LogP contribution is 2.15. The van der Waals surface area contributed by atoms with Crippen molar-refractivity contribution in [3.05, 3.63) is 36.0 Å². The molecule has 1 saturated heterocycles. The summed E-state index contributed by atoms with van der Waals surface area (Å²) in [5.41, 5.74) is 1.48. The Hall–Kier alpha value is -0.820. The molecule has 2 rings (SSSR count). The van der Waals surface area contributed by atoms with Crippen molar-refractivity contribution in [2.45, 2.75) is 38.1 Å². The highest BCUT2D eigenvalue weighted by atomic mass is 14.9. The van der Waals surface area contributed by atoms with E-state index in [0.29, 0.717) is 0 Å². The smallest absolute Gasteiger partial charge is 0.00704 e. The van der Waals surface area contributed by atoms with Crippen LogP contribution in [0.25, 0.3) is 0 Å². The maximum Gasteiger partial charge on any atom is 0.00704 e. The van der Waals surface area contributed by atoms with Crippen LogP contribution >= 0.6 is 0 Å². The summed E-state index contributed by atoms with van der Waals surface area (Å²) in [6, 6.07) is 0.787. The lowest BCUT2D eigenvalue weighted by molar-refractivity contribution is 0.564. The average Bonchev–Trinajstić information content (AvgIpc) is 2.72. The van der Waals surface area contributed by atoms with E-state index >= 15 is 0 Å². The van der Waals surface area contributed by atoms with Crippen molar-refractivity contribution < 1.29 is 0 Å². The van der Waals surface area contributed by atoms with Gasteiger partial charge >= 0.3 is 0 Å². The minimum absolute atomic E-state index is 0.787. The maximum atomic E-state index is 3.53. The molecule has 1 atom stereocenters. The third-order valence-electron chi connectivity index (χ3n) is 3.00. The topological polar surface area (TPSA) is 12.0 Å². The van der Waals surface area contributed by atoms with Crippen LogP contribution in [0.5, 0.6) is 0 Å². The minimum Gasteiger partial charge on any atom is -0.314 e. The summed E-state index contributed by atoms with van der Waals surface area (Å²) >= 11 is 0. The first-order valence-electron chi connectivity index (χ1n) is 5.71. The predicted molar refractivity (Wildman–Crippen MR) is 61.2 cm³/mol. The lowest BCUT2D eigenvalue weighted by Crippen LogP contribution is -2.20. The Morgan fingerprint density at radius 2 is 2.43 bits per heavy atom. The summed E-state index contributed by atoms with van der Waals surface area (Å²) in [6.07, 6.45) is 17.5. The largest absolute Gasteiger partial charge is 0.314 e. The van der Waals surface area contributed by atoms with Gasteiger partial charge in [-0.15, -0.1) is 0 Å². The van der Waals surface area contributed by atoms with Crippen LogP contribution in [0.1, 0.15) is 32.1 Å². The van der Waals surface area contributed by atoms with E-state index in [0.717, 1.165) is 12.5 Å². The third kappa shape index (κ3) is 2.85. The molecule has 0 aromatic heterocycles. The van der Waals surface area contributed by atoms with Crippen LogP contribution in [-0.4, -0.2) is 12.6 Å². The van der Waals surface area contributed by atoms with Crippen LogP contribution in [0, 0.1) is 0 Å². The van der Waals surface area contributed by atoms with Crippen molar-refractivity contribution >= 4 is 0 Å². The van der Waals surface area contributed by atoms with E-state index in [1.165, 1.54) is 37.8 Å². The van der Waals surface area contributed by atoms with Gasteiger partial charge in [0.2, 0.25) is 0 Å². The highest BCUT2D eigenvalue weighted by Gasteiger charge is 2.12. The van der Waals surface area contributed by atoms with Crippen molar-refractivity contribution in [1.82, 2.24) is 5.32 Å². The standard InChI is InChI=1S/C13H19N/c1-2-6-12(7-3-1)8-4-9-13-10-5-11-14-13/h1-3,6,8,13-14H,4-5,7,9-11H2. The third-order valence-corrected chi connectivity index (χ3v) is 3.00. The molecule has 14 heavy (non-hydrogen) atoms. The molecule has 1 N–H and O–H groups in total. The van der Waals surface area contributed by atoms with Gasteiger partial charge in [0.15, 0.2) is 0 Å². The van der Waals surface area contributed by atoms with Gasteiger partial charge in [-0.25, -0.2) is 0 Å². The van der Waals surface area contributed by atoms with Gasteiger partial charge in [0.25, 0.3) is 0 Å². The zero-order valence-corrected chi connectivity index (χ0v) is 8.71. The molecule has 1 nitrogen and oxygen atoms in total. The molecule has 1 heteroatoms. The average molecular weight is 189 g/mol. The summed E-state index contributed by atoms with van der Waals surface area (Å²) in [7, 11) is 0. The van der Waals surface area contributed by atoms with Gasteiger partial charge in [-0.05, 0) is 44.2 Å². The maximum absolute atomic E-state index is 3.53. The molecule has 0 amide bonds. The molecule has 1 heterocycles. The van der Waals surface area contributed by atoms with Crippen molar-refractivity contribution in [2.75, 3.05) is 6.54 Å². The second-order valence-corrected chi connectivity index (χ2v) is 4.14. The van der Waals surface area contributed by atoms with E-state index in [4.69, 9.17) is 0 Å². The minimum atomic E-state index is 0.787. The number of hydrogen-bond donors (Lipinski definition) is 1. The molecule has 0 aromatic rings. The summed E-state index contributed by atoms with van der Waals surface area (Å²) in [4.78, 5) is 0. The van der Waals surface area contributed by atoms with Gasteiger partial charge in [-0.1, -0.05) is 30.4 Å². The van der Waals surface area contributed by atoms with E-state index in [9.17, 15) is 0 Å². The summed E-state index contributed by atoms with van der Waals surface area (Å²) in [6.45, 7) is 1.23. The molecule has 0 saturated carbocycles. The van der Waals surface area contributed by atoms with Gasteiger partial charge < -0.3 is 5.32 Å². The van der Waals surface area contributed by atoms with E-state index in [2.05, 4.69) is 35.7 Å². The predicted octanol–water partition coefficient (Wildman–Crippen LogP) is 2.96. The zero-order chi connectivity index (χ0) is 9.64. The normalized spacial score (nSPS) is 28.9. The molecule has 1 fully saturated rings. The van der Waals surface area contributed by atoms with Gasteiger partial charge in [0.05, 0.1) is 0 Å². The van der Waals surface area contributed by atoms with Crippen molar-refractivity contribution in [1.29, 1.82) is 0 Å². The highest BCUT2D eigenvalue weighted by molar-refractivity contribution is 5.29. The van der Waals surface area contributed by atoms with E-state index in [1.807, 2.05) is 0 Å². The van der Waals surface area contributed by atoms with Crippen molar-refractivity contribution in [2.24, 2.45) is 0 Å². The van der Waals surface area contributed by atoms with Gasteiger partial charge in [-0.2, -0.15) is 0 Å². The SMILES string of the molecule is C1=CCC(=CCCC2CCCN2)C=C1. The first-order valence-corrected chi connectivity index (χ1v) is 5.71. The van der Waals surface area contributed by atoms with Crippen LogP contribution in [0.2, 0.25) is 0 Å². The van der Waals surface area contributed by atoms with E-state index in [-0.39, 0.29) is 0 Å². The van der Waals surface area contributed by atoms with Crippen molar-refractivity contribution in [3.63, 3.8) is 0 Å². The second-order valence-electron chi connectivity index (χ2n) is 4.14. The molecule has 1 unspecified atom stereocenters. The van der Waals surface area contributed by atoms with Crippen LogP contribution < -0.4 is 5.32 Å². The van der Waals surface area contributed by atoms with E-state index < -0.39 is 0 Å². The molecular formula is C13H19N. The Morgan fingerprint density at radius 3 is 3.14 bits per heavy atom. The number of rotatable bonds is 3. The summed E-state index contributed by atoms with van der Waals surface area (Å²) in [5, 5.41) is 3.53. The lowest BCUT2D eigenvalue weighted by Gasteiger charge is -2.08. The Morgan fingerprint density at radius 1 is 1.43 bits per heavy atom. The molecule has 0 spiro atoms. The fourth-order valence-electron chi connectivity index (χ4n) is 2.15. The first-order chi connectivity index (χ1) is 6.95. The lowest BCUT2D eigenvalue weighted by atomic mass is 10.0.